The monoisotopic (exact) mass is 228 g/mol. The third-order valence-electron chi connectivity index (χ3n) is 1.91. The van der Waals surface area contributed by atoms with Crippen molar-refractivity contribution in [2.75, 3.05) is 6.54 Å². The highest BCUT2D eigenvalue weighted by Crippen LogP contribution is 2.09. The largest absolute Gasteiger partial charge is 0.387 e. The van der Waals surface area contributed by atoms with Crippen molar-refractivity contribution in [2.24, 2.45) is 5.92 Å². The first-order valence-corrected chi connectivity index (χ1v) is 6.17. The fourth-order valence-corrected chi connectivity index (χ4v) is 1.36. The van der Waals surface area contributed by atoms with Crippen LogP contribution in [0.15, 0.2) is 12.3 Å². The van der Waals surface area contributed by atoms with Crippen LogP contribution in [0.25, 0.3) is 0 Å². The highest BCUT2D eigenvalue weighted by Gasteiger charge is 2.14. The van der Waals surface area contributed by atoms with Gasteiger partial charge in [0.05, 0.1) is 6.04 Å². The van der Waals surface area contributed by atoms with Gasteiger partial charge in [-0.25, -0.2) is 0 Å². The van der Waals surface area contributed by atoms with Gasteiger partial charge in [-0.2, -0.15) is 0 Å². The third-order valence-corrected chi connectivity index (χ3v) is 1.91. The molecule has 3 heteroatoms. The molecule has 0 rings (SSSR count). The molecule has 0 aliphatic carbocycles. The molecule has 0 spiro atoms. The van der Waals surface area contributed by atoms with Crippen LogP contribution in [0, 0.1) is 5.92 Å². The van der Waals surface area contributed by atoms with Crippen molar-refractivity contribution in [3.05, 3.63) is 12.3 Å². The van der Waals surface area contributed by atoms with Crippen LogP contribution in [0.4, 0.5) is 0 Å². The summed E-state index contributed by atoms with van der Waals surface area (Å²) in [5, 5.41) is 6.04. The Balaban J connectivity index is 0. The quantitative estimate of drug-likeness (QED) is 0.734. The third kappa shape index (κ3) is 9.56. The maximum Gasteiger partial charge on any atom is 0.217 e. The van der Waals surface area contributed by atoms with Gasteiger partial charge in [-0.05, 0) is 19.3 Å². The second-order valence-electron chi connectivity index (χ2n) is 3.94. The van der Waals surface area contributed by atoms with Crippen LogP contribution in [0.1, 0.15) is 48.0 Å². The minimum absolute atomic E-state index is 0.00490. The summed E-state index contributed by atoms with van der Waals surface area (Å²) in [6, 6.07) is 0.0486. The van der Waals surface area contributed by atoms with Gasteiger partial charge in [-0.3, -0.25) is 4.79 Å². The Morgan fingerprint density at radius 3 is 2.12 bits per heavy atom. The SMILES string of the molecule is C=C(NCC)C(CC(C)C)NC(C)=O.CC. The Morgan fingerprint density at radius 2 is 1.81 bits per heavy atom. The number of hydrogen-bond donors (Lipinski definition) is 2. The number of likely N-dealkylation sites (N-methyl/N-ethyl adjacent to an activating group) is 1. The van der Waals surface area contributed by atoms with E-state index in [2.05, 4.69) is 31.1 Å². The predicted octanol–water partition coefficient (Wildman–Crippen LogP) is 2.69. The molecular weight excluding hydrogens is 200 g/mol. The molecule has 2 N–H and O–H groups in total. The Labute approximate surface area is 101 Å². The van der Waals surface area contributed by atoms with Crippen LogP contribution in [0.5, 0.6) is 0 Å². The lowest BCUT2D eigenvalue weighted by Gasteiger charge is -2.22. The van der Waals surface area contributed by atoms with Crippen LogP contribution >= 0.6 is 0 Å². The van der Waals surface area contributed by atoms with Gasteiger partial charge in [-0.1, -0.05) is 34.3 Å². The summed E-state index contributed by atoms with van der Waals surface area (Å²) in [7, 11) is 0. The minimum atomic E-state index is -0.00490. The van der Waals surface area contributed by atoms with Crippen molar-refractivity contribution < 1.29 is 4.79 Å². The van der Waals surface area contributed by atoms with Crippen molar-refractivity contribution in [3.63, 3.8) is 0 Å². The summed E-state index contributed by atoms with van der Waals surface area (Å²) in [6.07, 6.45) is 0.922. The molecule has 16 heavy (non-hydrogen) atoms. The first-order valence-electron chi connectivity index (χ1n) is 6.17. The van der Waals surface area contributed by atoms with Gasteiger partial charge in [0.15, 0.2) is 0 Å². The fourth-order valence-electron chi connectivity index (χ4n) is 1.36. The predicted molar refractivity (Wildman–Crippen MR) is 71.2 cm³/mol. The standard InChI is InChI=1S/C11H22N2O.C2H6/c1-6-12-9(4)11(7-8(2)3)13-10(5)14;1-2/h8,11-12H,4,6-7H2,1-3,5H3,(H,13,14);1-2H3. The van der Waals surface area contributed by atoms with E-state index in [0.717, 1.165) is 18.7 Å². The summed E-state index contributed by atoms with van der Waals surface area (Å²) >= 11 is 0. The highest BCUT2D eigenvalue weighted by atomic mass is 16.1. The molecule has 0 saturated heterocycles. The molecule has 0 aromatic heterocycles. The molecule has 0 aromatic carbocycles. The van der Waals surface area contributed by atoms with Gasteiger partial charge in [-0.15, -0.1) is 0 Å². The van der Waals surface area contributed by atoms with Gasteiger partial charge in [0, 0.05) is 19.2 Å². The first kappa shape index (κ1) is 17.4. The molecule has 0 saturated carbocycles. The number of carbonyl (C=O) groups excluding carboxylic acids is 1. The second kappa shape index (κ2) is 10.5. The Hall–Kier alpha value is -0.990. The molecule has 96 valence electrons. The molecule has 0 aliphatic rings. The number of amides is 1. The maximum atomic E-state index is 11.0. The van der Waals surface area contributed by atoms with Gasteiger partial charge in [0.2, 0.25) is 5.91 Å². The van der Waals surface area contributed by atoms with Crippen LogP contribution < -0.4 is 10.6 Å². The highest BCUT2D eigenvalue weighted by molar-refractivity contribution is 5.73. The Bertz CT molecular complexity index is 200. The van der Waals surface area contributed by atoms with Crippen molar-refractivity contribution in [1.82, 2.24) is 10.6 Å². The second-order valence-corrected chi connectivity index (χ2v) is 3.94. The molecule has 0 heterocycles. The first-order chi connectivity index (χ1) is 7.47. The van der Waals surface area contributed by atoms with E-state index in [1.807, 2.05) is 20.8 Å². The normalized spacial score (nSPS) is 11.2. The van der Waals surface area contributed by atoms with E-state index in [0.29, 0.717) is 5.92 Å². The van der Waals surface area contributed by atoms with Crippen molar-refractivity contribution in [3.8, 4) is 0 Å². The average Bonchev–Trinajstić information content (AvgIpc) is 2.19. The van der Waals surface area contributed by atoms with E-state index in [9.17, 15) is 4.79 Å². The van der Waals surface area contributed by atoms with Gasteiger partial charge in [0.1, 0.15) is 0 Å². The smallest absolute Gasteiger partial charge is 0.217 e. The van der Waals surface area contributed by atoms with Crippen LogP contribution in [-0.2, 0) is 4.79 Å². The van der Waals surface area contributed by atoms with Crippen molar-refractivity contribution in [2.45, 2.75) is 54.0 Å². The molecule has 0 radical (unpaired) electrons. The maximum absolute atomic E-state index is 11.0. The zero-order valence-corrected chi connectivity index (χ0v) is 11.7. The van der Waals surface area contributed by atoms with E-state index in [4.69, 9.17) is 0 Å². The average molecular weight is 228 g/mol. The molecule has 1 unspecified atom stereocenters. The van der Waals surface area contributed by atoms with Crippen LogP contribution in [0.3, 0.4) is 0 Å². The van der Waals surface area contributed by atoms with E-state index in [-0.39, 0.29) is 11.9 Å². The van der Waals surface area contributed by atoms with Crippen LogP contribution in [-0.4, -0.2) is 18.5 Å². The molecule has 0 aliphatic heterocycles. The summed E-state index contributed by atoms with van der Waals surface area (Å²) in [5.74, 6) is 0.539. The lowest BCUT2D eigenvalue weighted by molar-refractivity contribution is -0.119. The molecule has 0 fully saturated rings. The number of carbonyl (C=O) groups is 1. The molecule has 1 amide bonds. The molecular formula is C13H28N2O. The fraction of sp³-hybridized carbons (Fsp3) is 0.769. The van der Waals surface area contributed by atoms with E-state index in [1.54, 1.807) is 0 Å². The molecule has 1 atom stereocenters. The summed E-state index contributed by atoms with van der Waals surface area (Å²) in [6.45, 7) is 16.6. The van der Waals surface area contributed by atoms with Gasteiger partial charge < -0.3 is 10.6 Å². The molecule has 0 aromatic rings. The number of hydrogen-bond acceptors (Lipinski definition) is 2. The van der Waals surface area contributed by atoms with Crippen molar-refractivity contribution in [1.29, 1.82) is 0 Å². The van der Waals surface area contributed by atoms with E-state index in [1.165, 1.54) is 6.92 Å². The lowest BCUT2D eigenvalue weighted by Crippen LogP contribution is -2.39. The zero-order valence-electron chi connectivity index (χ0n) is 11.7. The van der Waals surface area contributed by atoms with Gasteiger partial charge >= 0.3 is 0 Å². The van der Waals surface area contributed by atoms with E-state index >= 15 is 0 Å². The summed E-state index contributed by atoms with van der Waals surface area (Å²) < 4.78 is 0. The minimum Gasteiger partial charge on any atom is -0.387 e. The number of nitrogens with one attached hydrogen (secondary N) is 2. The Morgan fingerprint density at radius 1 is 1.31 bits per heavy atom. The van der Waals surface area contributed by atoms with Crippen molar-refractivity contribution >= 4 is 5.91 Å². The topological polar surface area (TPSA) is 41.1 Å². The van der Waals surface area contributed by atoms with E-state index < -0.39 is 0 Å². The number of rotatable bonds is 6. The summed E-state index contributed by atoms with van der Waals surface area (Å²) in [5.41, 5.74) is 0.899. The molecule has 0 bridgehead atoms. The van der Waals surface area contributed by atoms with Crippen LogP contribution in [0.2, 0.25) is 0 Å². The lowest BCUT2D eigenvalue weighted by atomic mass is 10.0. The summed E-state index contributed by atoms with van der Waals surface area (Å²) in [4.78, 5) is 11.0. The Kier molecular flexibility index (Phi) is 11.5. The molecule has 3 nitrogen and oxygen atoms in total. The zero-order chi connectivity index (χ0) is 13.1. The van der Waals surface area contributed by atoms with Gasteiger partial charge in [0.25, 0.3) is 0 Å².